The van der Waals surface area contributed by atoms with Gasteiger partial charge in [-0.2, -0.15) is 5.26 Å². The van der Waals surface area contributed by atoms with Gasteiger partial charge in [0.05, 0.1) is 18.4 Å². The van der Waals surface area contributed by atoms with Crippen molar-refractivity contribution in [2.45, 2.75) is 59.2 Å². The molecule has 1 atom stereocenters. The Bertz CT molecular complexity index is 445. The number of allylic oxidation sites excluding steroid dienone is 2. The van der Waals surface area contributed by atoms with Crippen LogP contribution in [0.2, 0.25) is 19.6 Å². The number of carbonyl (C=O) groups is 1. The van der Waals surface area contributed by atoms with Crippen molar-refractivity contribution in [3.8, 4) is 6.07 Å². The van der Waals surface area contributed by atoms with Gasteiger partial charge in [-0.1, -0.05) is 0 Å². The minimum atomic E-state index is -1.65. The predicted molar refractivity (Wildman–Crippen MR) is 80.3 cm³/mol. The van der Waals surface area contributed by atoms with Crippen LogP contribution < -0.4 is 0 Å². The zero-order valence-electron chi connectivity index (χ0n) is 13.2. The highest BCUT2D eigenvalue weighted by Gasteiger charge is 2.38. The van der Waals surface area contributed by atoms with Crippen LogP contribution in [0.4, 0.5) is 0 Å². The summed E-state index contributed by atoms with van der Waals surface area (Å²) in [5.74, 6) is 0.573. The lowest BCUT2D eigenvalue weighted by Crippen LogP contribution is -2.30. The molecule has 112 valence electrons. The monoisotopic (exact) mass is 295 g/mol. The molecule has 0 amide bonds. The molecular weight excluding hydrogens is 270 g/mol. The molecule has 1 aliphatic carbocycles. The van der Waals surface area contributed by atoms with Gasteiger partial charge >= 0.3 is 5.97 Å². The average molecular weight is 295 g/mol. The van der Waals surface area contributed by atoms with Gasteiger partial charge in [-0.05, 0) is 51.9 Å². The Morgan fingerprint density at radius 1 is 1.40 bits per heavy atom. The molecule has 1 rings (SSSR count). The maximum absolute atomic E-state index is 12.0. The molecular formula is C15H25NO3Si. The standard InChI is InChI=1S/C15H25NO3Si/c1-6-18-14(17)15(2,11-16)10-12-8-7-9-13(12)19-20(3,4)5/h6-10H2,1-5H3. The Hall–Kier alpha value is -1.28. The fraction of sp³-hybridized carbons (Fsp3) is 0.733. The lowest BCUT2D eigenvalue weighted by molar-refractivity contribution is -0.151. The van der Waals surface area contributed by atoms with Gasteiger partial charge in [-0.3, -0.25) is 4.79 Å². The molecule has 0 bridgehead atoms. The van der Waals surface area contributed by atoms with E-state index in [-0.39, 0.29) is 0 Å². The molecule has 0 aromatic carbocycles. The molecule has 0 N–H and O–H groups in total. The molecule has 0 spiro atoms. The first-order valence-electron chi connectivity index (χ1n) is 7.20. The van der Waals surface area contributed by atoms with Gasteiger partial charge in [0.1, 0.15) is 0 Å². The summed E-state index contributed by atoms with van der Waals surface area (Å²) in [4.78, 5) is 12.0. The number of esters is 1. The average Bonchev–Trinajstić information content (AvgIpc) is 2.74. The number of ether oxygens (including phenoxy) is 1. The van der Waals surface area contributed by atoms with Gasteiger partial charge in [0.2, 0.25) is 8.32 Å². The van der Waals surface area contributed by atoms with E-state index in [1.807, 2.05) is 0 Å². The van der Waals surface area contributed by atoms with E-state index in [1.165, 1.54) is 0 Å². The van der Waals surface area contributed by atoms with Crippen molar-refractivity contribution in [2.75, 3.05) is 6.61 Å². The van der Waals surface area contributed by atoms with Crippen LogP contribution in [0.3, 0.4) is 0 Å². The first-order valence-corrected chi connectivity index (χ1v) is 10.6. The Balaban J connectivity index is 2.91. The van der Waals surface area contributed by atoms with Crippen LogP contribution in [-0.2, 0) is 14.0 Å². The van der Waals surface area contributed by atoms with Gasteiger partial charge in [0, 0.05) is 12.8 Å². The summed E-state index contributed by atoms with van der Waals surface area (Å²) >= 11 is 0. The Morgan fingerprint density at radius 3 is 2.55 bits per heavy atom. The predicted octanol–water partition coefficient (Wildman–Crippen LogP) is 3.76. The summed E-state index contributed by atoms with van der Waals surface area (Å²) in [6.45, 7) is 10.1. The second-order valence-electron chi connectivity index (χ2n) is 6.44. The first-order chi connectivity index (χ1) is 9.22. The van der Waals surface area contributed by atoms with E-state index in [0.717, 1.165) is 30.6 Å². The van der Waals surface area contributed by atoms with Gasteiger partial charge in [-0.25, -0.2) is 0 Å². The van der Waals surface area contributed by atoms with Gasteiger partial charge in [-0.15, -0.1) is 0 Å². The number of rotatable bonds is 6. The van der Waals surface area contributed by atoms with Crippen molar-refractivity contribution in [1.29, 1.82) is 5.26 Å². The highest BCUT2D eigenvalue weighted by Crippen LogP contribution is 2.37. The summed E-state index contributed by atoms with van der Waals surface area (Å²) in [7, 11) is -1.65. The summed E-state index contributed by atoms with van der Waals surface area (Å²) < 4.78 is 11.1. The number of nitrogens with zero attached hydrogens (tertiary/aromatic N) is 1. The van der Waals surface area contributed by atoms with Crippen molar-refractivity contribution in [3.63, 3.8) is 0 Å². The summed E-state index contributed by atoms with van der Waals surface area (Å²) in [6.07, 6.45) is 3.29. The number of hydrogen-bond donors (Lipinski definition) is 0. The molecule has 0 radical (unpaired) electrons. The second kappa shape index (κ2) is 6.44. The summed E-state index contributed by atoms with van der Waals surface area (Å²) in [5.41, 5.74) is 0.00790. The zero-order chi connectivity index (χ0) is 15.4. The smallest absolute Gasteiger partial charge is 0.326 e. The third kappa shape index (κ3) is 4.38. The largest absolute Gasteiger partial charge is 0.547 e. The van der Waals surface area contributed by atoms with Gasteiger partial charge in [0.15, 0.2) is 5.41 Å². The number of hydrogen-bond acceptors (Lipinski definition) is 4. The number of carbonyl (C=O) groups excluding carboxylic acids is 1. The van der Waals surface area contributed by atoms with Crippen molar-refractivity contribution in [2.24, 2.45) is 5.41 Å². The quantitative estimate of drug-likeness (QED) is 0.553. The SMILES string of the molecule is CCOC(=O)C(C)(C#N)CC1=C(O[Si](C)(C)C)CCC1. The van der Waals surface area contributed by atoms with Crippen LogP contribution in [0.25, 0.3) is 0 Å². The maximum Gasteiger partial charge on any atom is 0.326 e. The minimum Gasteiger partial charge on any atom is -0.547 e. The highest BCUT2D eigenvalue weighted by atomic mass is 28.4. The van der Waals surface area contributed by atoms with Crippen LogP contribution in [-0.4, -0.2) is 20.9 Å². The van der Waals surface area contributed by atoms with E-state index < -0.39 is 19.7 Å². The van der Waals surface area contributed by atoms with Crippen molar-refractivity contribution < 1.29 is 14.0 Å². The van der Waals surface area contributed by atoms with E-state index in [4.69, 9.17) is 9.16 Å². The molecule has 0 saturated carbocycles. The fourth-order valence-corrected chi connectivity index (χ4v) is 3.32. The van der Waals surface area contributed by atoms with Crippen molar-refractivity contribution >= 4 is 14.3 Å². The normalized spacial score (nSPS) is 18.4. The molecule has 4 nitrogen and oxygen atoms in total. The fourth-order valence-electron chi connectivity index (χ4n) is 2.33. The van der Waals surface area contributed by atoms with E-state index >= 15 is 0 Å². The summed E-state index contributed by atoms with van der Waals surface area (Å²) in [5, 5.41) is 9.36. The zero-order valence-corrected chi connectivity index (χ0v) is 14.2. The molecule has 5 heteroatoms. The maximum atomic E-state index is 12.0. The Morgan fingerprint density at radius 2 is 2.05 bits per heavy atom. The second-order valence-corrected chi connectivity index (χ2v) is 10.9. The van der Waals surface area contributed by atoms with E-state index in [0.29, 0.717) is 13.0 Å². The molecule has 0 aromatic rings. The molecule has 20 heavy (non-hydrogen) atoms. The van der Waals surface area contributed by atoms with E-state index in [9.17, 15) is 10.1 Å². The van der Waals surface area contributed by atoms with Gasteiger partial charge in [0.25, 0.3) is 0 Å². The summed E-state index contributed by atoms with van der Waals surface area (Å²) in [6, 6.07) is 2.12. The molecule has 0 saturated heterocycles. The van der Waals surface area contributed by atoms with Crippen molar-refractivity contribution in [1.82, 2.24) is 0 Å². The van der Waals surface area contributed by atoms with Crippen LogP contribution in [0.1, 0.15) is 39.5 Å². The third-order valence-corrected chi connectivity index (χ3v) is 4.10. The van der Waals surface area contributed by atoms with Gasteiger partial charge < -0.3 is 9.16 Å². The minimum absolute atomic E-state index is 0.299. The lowest BCUT2D eigenvalue weighted by atomic mass is 9.84. The molecule has 0 aliphatic heterocycles. The van der Waals surface area contributed by atoms with Crippen LogP contribution in [0.15, 0.2) is 11.3 Å². The van der Waals surface area contributed by atoms with E-state index in [2.05, 4.69) is 25.7 Å². The molecule has 0 heterocycles. The topological polar surface area (TPSA) is 59.3 Å². The number of nitriles is 1. The molecule has 0 fully saturated rings. The lowest BCUT2D eigenvalue weighted by Gasteiger charge is -2.24. The molecule has 0 aromatic heterocycles. The molecule has 1 unspecified atom stereocenters. The Kier molecular flexibility index (Phi) is 5.40. The van der Waals surface area contributed by atoms with Crippen molar-refractivity contribution in [3.05, 3.63) is 11.3 Å². The van der Waals surface area contributed by atoms with Crippen LogP contribution in [0.5, 0.6) is 0 Å². The molecule has 1 aliphatic rings. The van der Waals surface area contributed by atoms with Crippen LogP contribution in [0, 0.1) is 16.7 Å². The van der Waals surface area contributed by atoms with E-state index in [1.54, 1.807) is 13.8 Å². The third-order valence-electron chi connectivity index (χ3n) is 3.25. The highest BCUT2D eigenvalue weighted by molar-refractivity contribution is 6.70. The first kappa shape index (κ1) is 16.8. The van der Waals surface area contributed by atoms with Crippen LogP contribution >= 0.6 is 0 Å². The Labute approximate surface area is 122 Å².